The second kappa shape index (κ2) is 5.53. The lowest BCUT2D eigenvalue weighted by Crippen LogP contribution is -1.97. The highest BCUT2D eigenvalue weighted by atomic mass is 35.5. The van der Waals surface area contributed by atoms with Gasteiger partial charge in [-0.3, -0.25) is 5.43 Å². The summed E-state index contributed by atoms with van der Waals surface area (Å²) in [6.45, 7) is 1.71. The Labute approximate surface area is 114 Å². The van der Waals surface area contributed by atoms with Crippen molar-refractivity contribution in [3.05, 3.63) is 40.8 Å². The molecule has 2 rings (SSSR count). The summed E-state index contributed by atoms with van der Waals surface area (Å²) >= 11 is 5.78. The molecule has 7 heteroatoms. The molecule has 0 aliphatic rings. The number of nitrogens with one attached hydrogen (secondary N) is 1. The predicted octanol–water partition coefficient (Wildman–Crippen LogP) is 2.30. The van der Waals surface area contributed by atoms with Crippen molar-refractivity contribution in [2.75, 3.05) is 5.43 Å². The summed E-state index contributed by atoms with van der Waals surface area (Å²) in [5, 5.41) is 22.9. The summed E-state index contributed by atoms with van der Waals surface area (Å²) in [6.07, 6.45) is 1.40. The summed E-state index contributed by atoms with van der Waals surface area (Å²) in [6, 6.07) is 5.75. The molecule has 0 fully saturated rings. The van der Waals surface area contributed by atoms with E-state index >= 15 is 0 Å². The largest absolute Gasteiger partial charge is 0.508 e. The van der Waals surface area contributed by atoms with E-state index in [4.69, 9.17) is 16.7 Å². The van der Waals surface area contributed by atoms with Crippen molar-refractivity contribution in [2.24, 2.45) is 5.10 Å². The Kier molecular flexibility index (Phi) is 3.82. The molecule has 6 nitrogen and oxygen atoms in total. The maximum absolute atomic E-state index is 9.55. The first-order valence-electron chi connectivity index (χ1n) is 5.37. The van der Waals surface area contributed by atoms with Crippen LogP contribution >= 0.6 is 11.6 Å². The average molecular weight is 279 g/mol. The molecule has 0 bridgehead atoms. The minimum absolute atomic E-state index is 0.0131. The van der Waals surface area contributed by atoms with Gasteiger partial charge >= 0.3 is 0 Å². The fraction of sp³-hybridized carbons (Fsp3) is 0.0833. The van der Waals surface area contributed by atoms with Crippen LogP contribution < -0.4 is 5.43 Å². The molecule has 2 aromatic rings. The molecule has 0 spiro atoms. The molecule has 0 atom stereocenters. The van der Waals surface area contributed by atoms with E-state index in [9.17, 15) is 5.11 Å². The number of hydrogen-bond donors (Lipinski definition) is 3. The molecular formula is C12H11ClN4O2. The van der Waals surface area contributed by atoms with Gasteiger partial charge in [0.2, 0.25) is 0 Å². The standard InChI is InChI=1S/C12H11ClN4O2/c1-7-15-11(13)5-12(16-7)17-14-6-8-2-3-9(18)4-10(8)19/h2-6,18-19H,1H3,(H,15,16,17)/b14-6+. The highest BCUT2D eigenvalue weighted by Gasteiger charge is 2.00. The van der Waals surface area contributed by atoms with E-state index in [0.29, 0.717) is 22.4 Å². The number of benzene rings is 1. The zero-order valence-corrected chi connectivity index (χ0v) is 10.8. The van der Waals surface area contributed by atoms with E-state index in [2.05, 4.69) is 20.5 Å². The number of aryl methyl sites for hydroxylation is 1. The van der Waals surface area contributed by atoms with E-state index in [1.165, 1.54) is 30.5 Å². The Hall–Kier alpha value is -2.34. The number of phenols is 2. The van der Waals surface area contributed by atoms with Gasteiger partial charge in [-0.05, 0) is 19.1 Å². The van der Waals surface area contributed by atoms with Gasteiger partial charge in [0.05, 0.1) is 6.21 Å². The van der Waals surface area contributed by atoms with Crippen LogP contribution in [0.15, 0.2) is 29.4 Å². The molecule has 19 heavy (non-hydrogen) atoms. The van der Waals surface area contributed by atoms with Crippen LogP contribution in [0.4, 0.5) is 5.82 Å². The van der Waals surface area contributed by atoms with Crippen molar-refractivity contribution in [3.8, 4) is 11.5 Å². The number of aromatic hydroxyl groups is 2. The Morgan fingerprint density at radius 3 is 2.74 bits per heavy atom. The minimum atomic E-state index is -0.0672. The number of halogens is 1. The van der Waals surface area contributed by atoms with E-state index in [-0.39, 0.29) is 11.5 Å². The average Bonchev–Trinajstić information content (AvgIpc) is 2.30. The van der Waals surface area contributed by atoms with Gasteiger partial charge in [0.15, 0.2) is 5.82 Å². The van der Waals surface area contributed by atoms with E-state index < -0.39 is 0 Å². The number of hydrogen-bond acceptors (Lipinski definition) is 6. The lowest BCUT2D eigenvalue weighted by atomic mass is 10.2. The maximum Gasteiger partial charge on any atom is 0.151 e. The van der Waals surface area contributed by atoms with Crippen molar-refractivity contribution in [1.29, 1.82) is 0 Å². The molecule has 3 N–H and O–H groups in total. The van der Waals surface area contributed by atoms with Gasteiger partial charge in [-0.25, -0.2) is 9.97 Å². The lowest BCUT2D eigenvalue weighted by Gasteiger charge is -2.02. The third-order valence-electron chi connectivity index (χ3n) is 2.20. The number of hydrazone groups is 1. The molecule has 1 heterocycles. The zero-order valence-electron chi connectivity index (χ0n) is 10.0. The number of rotatable bonds is 3. The van der Waals surface area contributed by atoms with Gasteiger partial charge in [0.25, 0.3) is 0 Å². The van der Waals surface area contributed by atoms with Gasteiger partial charge in [0, 0.05) is 17.7 Å². The van der Waals surface area contributed by atoms with Crippen LogP contribution in [0.2, 0.25) is 5.15 Å². The van der Waals surface area contributed by atoms with E-state index in [1.54, 1.807) is 6.92 Å². The zero-order chi connectivity index (χ0) is 13.8. The summed E-state index contributed by atoms with van der Waals surface area (Å²) in [4.78, 5) is 8.00. The molecular weight excluding hydrogens is 268 g/mol. The fourth-order valence-corrected chi connectivity index (χ4v) is 1.62. The van der Waals surface area contributed by atoms with Crippen molar-refractivity contribution in [1.82, 2.24) is 9.97 Å². The second-order valence-corrected chi connectivity index (χ2v) is 4.12. The molecule has 98 valence electrons. The van der Waals surface area contributed by atoms with Crippen LogP contribution in [0.1, 0.15) is 11.4 Å². The van der Waals surface area contributed by atoms with Crippen LogP contribution in [-0.2, 0) is 0 Å². The van der Waals surface area contributed by atoms with Crippen LogP contribution in [0.5, 0.6) is 11.5 Å². The third-order valence-corrected chi connectivity index (χ3v) is 2.40. The summed E-state index contributed by atoms with van der Waals surface area (Å²) < 4.78 is 0. The molecule has 0 unspecified atom stereocenters. The van der Waals surface area contributed by atoms with E-state index in [1.807, 2.05) is 0 Å². The topological polar surface area (TPSA) is 90.6 Å². The Morgan fingerprint density at radius 2 is 2.05 bits per heavy atom. The van der Waals surface area contributed by atoms with Crippen molar-refractivity contribution < 1.29 is 10.2 Å². The number of phenolic OH excluding ortho intramolecular Hbond substituents is 2. The van der Waals surface area contributed by atoms with E-state index in [0.717, 1.165) is 0 Å². The first kappa shape index (κ1) is 13.1. The normalized spacial score (nSPS) is 10.8. The van der Waals surface area contributed by atoms with Gasteiger partial charge in [0.1, 0.15) is 22.5 Å². The van der Waals surface area contributed by atoms with Gasteiger partial charge in [-0.15, -0.1) is 0 Å². The van der Waals surface area contributed by atoms with Crippen LogP contribution in [0.25, 0.3) is 0 Å². The van der Waals surface area contributed by atoms with Crippen LogP contribution in [0, 0.1) is 6.92 Å². The van der Waals surface area contributed by atoms with Crippen molar-refractivity contribution in [3.63, 3.8) is 0 Å². The Morgan fingerprint density at radius 1 is 1.26 bits per heavy atom. The molecule has 0 aliphatic carbocycles. The van der Waals surface area contributed by atoms with Crippen LogP contribution in [0.3, 0.4) is 0 Å². The molecule has 0 saturated heterocycles. The molecule has 1 aromatic heterocycles. The quantitative estimate of drug-likeness (QED) is 0.455. The Balaban J connectivity index is 2.11. The number of anilines is 1. The maximum atomic E-state index is 9.55. The minimum Gasteiger partial charge on any atom is -0.508 e. The van der Waals surface area contributed by atoms with Crippen molar-refractivity contribution in [2.45, 2.75) is 6.92 Å². The fourth-order valence-electron chi connectivity index (χ4n) is 1.40. The first-order valence-corrected chi connectivity index (χ1v) is 5.74. The molecule has 0 amide bonds. The highest BCUT2D eigenvalue weighted by Crippen LogP contribution is 2.20. The predicted molar refractivity (Wildman–Crippen MR) is 72.8 cm³/mol. The van der Waals surface area contributed by atoms with Gasteiger partial charge in [-0.1, -0.05) is 11.6 Å². The molecule has 0 saturated carbocycles. The monoisotopic (exact) mass is 278 g/mol. The number of aromatic nitrogens is 2. The Bertz CT molecular complexity index is 611. The summed E-state index contributed by atoms with van der Waals surface area (Å²) in [7, 11) is 0. The first-order chi connectivity index (χ1) is 9.04. The second-order valence-electron chi connectivity index (χ2n) is 3.74. The van der Waals surface area contributed by atoms with Gasteiger partial charge in [-0.2, -0.15) is 5.10 Å². The summed E-state index contributed by atoms with van der Waals surface area (Å²) in [5.74, 6) is 0.896. The smallest absolute Gasteiger partial charge is 0.151 e. The SMILES string of the molecule is Cc1nc(Cl)cc(N/N=C/c2ccc(O)cc2O)n1. The molecule has 1 aromatic carbocycles. The van der Waals surface area contributed by atoms with Crippen molar-refractivity contribution >= 4 is 23.6 Å². The summed E-state index contributed by atoms with van der Waals surface area (Å²) in [5.41, 5.74) is 3.14. The van der Waals surface area contributed by atoms with Crippen LogP contribution in [-0.4, -0.2) is 26.4 Å². The highest BCUT2D eigenvalue weighted by molar-refractivity contribution is 6.29. The number of nitrogens with zero attached hydrogens (tertiary/aromatic N) is 3. The lowest BCUT2D eigenvalue weighted by molar-refractivity contribution is 0.450. The van der Waals surface area contributed by atoms with Gasteiger partial charge < -0.3 is 10.2 Å². The third kappa shape index (κ3) is 3.56. The molecule has 0 aliphatic heterocycles. The molecule has 0 radical (unpaired) electrons.